The number of nitrogens with two attached hydrogens (primary N) is 2. The van der Waals surface area contributed by atoms with E-state index < -0.39 is 0 Å². The Kier molecular flexibility index (Phi) is 8.50. The van der Waals surface area contributed by atoms with Crippen LogP contribution in [-0.2, 0) is 0 Å². The molecule has 0 aromatic carbocycles. The smallest absolute Gasteiger partial charge is 0.280 e. The molecule has 0 aliphatic heterocycles. The topological polar surface area (TPSA) is 81.1 Å². The first-order valence-electron chi connectivity index (χ1n) is 5.00. The Bertz CT molecular complexity index is 166. The van der Waals surface area contributed by atoms with E-state index in [-0.39, 0.29) is 9.96 Å². The summed E-state index contributed by atoms with van der Waals surface area (Å²) < 4.78 is -0.0147. The number of carbonyl (C=O) groups is 1. The number of rotatable bonds is 7. The van der Waals surface area contributed by atoms with Crippen molar-refractivity contribution >= 4 is 26.5 Å². The minimum atomic E-state index is -0.0147. The molecule has 0 radical (unpaired) electrons. The second-order valence-corrected chi connectivity index (χ2v) is 4.42. The summed E-state index contributed by atoms with van der Waals surface area (Å²) in [5.74, 6) is 0.424. The third-order valence-electron chi connectivity index (χ3n) is 2.32. The van der Waals surface area contributed by atoms with Crippen molar-refractivity contribution in [2.45, 2.75) is 32.2 Å². The van der Waals surface area contributed by atoms with Gasteiger partial charge in [0.15, 0.2) is 0 Å². The summed E-state index contributed by atoms with van der Waals surface area (Å²) in [5.41, 5.74) is 11.4. The summed E-state index contributed by atoms with van der Waals surface area (Å²) in [4.78, 5) is 10.6. The van der Waals surface area contributed by atoms with Gasteiger partial charge in [-0.1, -0.05) is 13.3 Å². The molecule has 0 spiro atoms. The molecule has 0 rings (SSSR count). The number of amides is 1. The zero-order valence-electron chi connectivity index (χ0n) is 8.63. The van der Waals surface area contributed by atoms with Crippen LogP contribution in [0.3, 0.4) is 0 Å². The zero-order valence-corrected chi connectivity index (χ0v) is 10.8. The third-order valence-corrected chi connectivity index (χ3v) is 2.70. The Hall–Kier alpha value is 0.120. The maximum Gasteiger partial charge on any atom is 0.280 e. The fraction of sp³-hybridized carbons (Fsp3) is 0.889. The minimum absolute atomic E-state index is 0.0147. The second kappa shape index (κ2) is 8.43. The Morgan fingerprint density at radius 1 is 1.50 bits per heavy atom. The van der Waals surface area contributed by atoms with E-state index >= 15 is 0 Å². The van der Waals surface area contributed by atoms with Crippen molar-refractivity contribution in [2.24, 2.45) is 17.4 Å². The predicted octanol–water partition coefficient (Wildman–Crippen LogP) is 1.22. The molecule has 0 aliphatic carbocycles. The van der Waals surface area contributed by atoms with Crippen molar-refractivity contribution in [3.63, 3.8) is 0 Å². The van der Waals surface area contributed by atoms with Crippen molar-refractivity contribution in [2.75, 3.05) is 13.1 Å². The van der Waals surface area contributed by atoms with E-state index in [0.717, 1.165) is 19.3 Å². The van der Waals surface area contributed by atoms with Gasteiger partial charge in [-0.3, -0.25) is 4.79 Å². The lowest BCUT2D eigenvalue weighted by Crippen LogP contribution is -2.38. The van der Waals surface area contributed by atoms with Crippen LogP contribution in [0.4, 0.5) is 4.79 Å². The van der Waals surface area contributed by atoms with Crippen molar-refractivity contribution in [1.29, 1.82) is 0 Å². The molecule has 5 heteroatoms. The number of nitrogens with one attached hydrogen (secondary N) is 1. The highest BCUT2D eigenvalue weighted by Gasteiger charge is 2.15. The molecule has 2 unspecified atom stereocenters. The fourth-order valence-electron chi connectivity index (χ4n) is 1.49. The van der Waals surface area contributed by atoms with Crippen LogP contribution in [-0.4, -0.2) is 23.0 Å². The van der Waals surface area contributed by atoms with Crippen LogP contribution in [0.15, 0.2) is 0 Å². The molecule has 84 valence electrons. The van der Waals surface area contributed by atoms with Crippen LogP contribution < -0.4 is 16.8 Å². The van der Waals surface area contributed by atoms with E-state index in [1.807, 2.05) is 0 Å². The number of hydrogen-bond donors (Lipinski definition) is 3. The molecule has 0 aromatic rings. The Morgan fingerprint density at radius 2 is 2.14 bits per heavy atom. The lowest BCUT2D eigenvalue weighted by atomic mass is 9.92. The van der Waals surface area contributed by atoms with Gasteiger partial charge in [0.25, 0.3) is 3.91 Å². The third kappa shape index (κ3) is 6.56. The molecule has 0 aliphatic rings. The highest BCUT2D eigenvalue weighted by atomic mass is 127. The molecule has 0 saturated heterocycles. The highest BCUT2D eigenvalue weighted by molar-refractivity contribution is 14.1. The summed E-state index contributed by atoms with van der Waals surface area (Å²) in [5, 5.41) is 2.76. The normalized spacial score (nSPS) is 14.9. The first-order valence-corrected chi connectivity index (χ1v) is 6.08. The minimum Gasteiger partial charge on any atom is -0.347 e. The van der Waals surface area contributed by atoms with E-state index in [0.29, 0.717) is 19.0 Å². The highest BCUT2D eigenvalue weighted by Crippen LogP contribution is 2.13. The van der Waals surface area contributed by atoms with E-state index in [9.17, 15) is 4.79 Å². The molecule has 0 heterocycles. The van der Waals surface area contributed by atoms with Crippen LogP contribution >= 0.6 is 22.6 Å². The van der Waals surface area contributed by atoms with Gasteiger partial charge in [0.2, 0.25) is 0 Å². The Labute approximate surface area is 99.3 Å². The Balaban J connectivity index is 3.78. The van der Waals surface area contributed by atoms with Crippen molar-refractivity contribution in [1.82, 2.24) is 5.32 Å². The molecule has 14 heavy (non-hydrogen) atoms. The predicted molar refractivity (Wildman–Crippen MR) is 67.5 cm³/mol. The largest absolute Gasteiger partial charge is 0.347 e. The molecule has 1 amide bonds. The van der Waals surface area contributed by atoms with Crippen LogP contribution in [0.2, 0.25) is 0 Å². The first-order chi connectivity index (χ1) is 6.61. The van der Waals surface area contributed by atoms with E-state index in [2.05, 4.69) is 12.2 Å². The van der Waals surface area contributed by atoms with Crippen LogP contribution in [0.1, 0.15) is 26.2 Å². The van der Waals surface area contributed by atoms with Crippen LogP contribution in [0, 0.1) is 5.92 Å². The van der Waals surface area contributed by atoms with Crippen LogP contribution in [0.25, 0.3) is 0 Å². The van der Waals surface area contributed by atoms with Gasteiger partial charge in [0.05, 0.1) is 0 Å². The molecule has 0 aromatic heterocycles. The summed E-state index contributed by atoms with van der Waals surface area (Å²) in [6, 6.07) is 0.0565. The van der Waals surface area contributed by atoms with Gasteiger partial charge in [0.1, 0.15) is 0 Å². The van der Waals surface area contributed by atoms with Gasteiger partial charge in [0, 0.05) is 41.7 Å². The molecule has 0 fully saturated rings. The first kappa shape index (κ1) is 14.1. The monoisotopic (exact) mass is 313 g/mol. The average Bonchev–Trinajstić information content (AvgIpc) is 2.15. The van der Waals surface area contributed by atoms with Gasteiger partial charge in [-0.2, -0.15) is 0 Å². The lowest BCUT2D eigenvalue weighted by Gasteiger charge is -2.22. The van der Waals surface area contributed by atoms with Gasteiger partial charge in [-0.15, -0.1) is 0 Å². The average molecular weight is 313 g/mol. The molecule has 4 nitrogen and oxygen atoms in total. The molecule has 2 atom stereocenters. The molecular formula is C9H20IN3O. The number of hydrogen-bond acceptors (Lipinski definition) is 3. The SMILES string of the molecule is CCCC(CCNC(=O)I)C(N)CN. The van der Waals surface area contributed by atoms with Crippen molar-refractivity contribution < 1.29 is 4.79 Å². The van der Waals surface area contributed by atoms with E-state index in [1.165, 1.54) is 0 Å². The standard InChI is InChI=1S/C9H20IN3O/c1-2-3-7(8(12)6-11)4-5-13-9(10)14/h7-8H,2-6,11-12H2,1H3,(H,13,14). The quantitative estimate of drug-likeness (QED) is 0.375. The molecular weight excluding hydrogens is 293 g/mol. The zero-order chi connectivity index (χ0) is 11.0. The van der Waals surface area contributed by atoms with Gasteiger partial charge < -0.3 is 16.8 Å². The Morgan fingerprint density at radius 3 is 2.57 bits per heavy atom. The fourth-order valence-corrected chi connectivity index (χ4v) is 1.76. The van der Waals surface area contributed by atoms with E-state index in [4.69, 9.17) is 11.5 Å². The maximum atomic E-state index is 10.6. The maximum absolute atomic E-state index is 10.6. The lowest BCUT2D eigenvalue weighted by molar-refractivity contribution is 0.261. The second-order valence-electron chi connectivity index (χ2n) is 3.44. The van der Waals surface area contributed by atoms with Gasteiger partial charge in [-0.05, 0) is 18.8 Å². The van der Waals surface area contributed by atoms with Crippen molar-refractivity contribution in [3.05, 3.63) is 0 Å². The summed E-state index contributed by atoms with van der Waals surface area (Å²) in [7, 11) is 0. The van der Waals surface area contributed by atoms with Gasteiger partial charge in [-0.25, -0.2) is 0 Å². The number of halogens is 1. The number of carbonyl (C=O) groups excluding carboxylic acids is 1. The molecule has 5 N–H and O–H groups in total. The summed E-state index contributed by atoms with van der Waals surface area (Å²) >= 11 is 1.73. The van der Waals surface area contributed by atoms with Crippen LogP contribution in [0.5, 0.6) is 0 Å². The van der Waals surface area contributed by atoms with Crippen molar-refractivity contribution in [3.8, 4) is 0 Å². The summed E-state index contributed by atoms with van der Waals surface area (Å²) in [6.07, 6.45) is 3.10. The molecule has 0 saturated carbocycles. The summed E-state index contributed by atoms with van der Waals surface area (Å²) in [6.45, 7) is 3.34. The molecule has 0 bridgehead atoms. The van der Waals surface area contributed by atoms with Gasteiger partial charge >= 0.3 is 0 Å². The van der Waals surface area contributed by atoms with E-state index in [1.54, 1.807) is 22.6 Å².